The van der Waals surface area contributed by atoms with Gasteiger partial charge >= 0.3 is 0 Å². The molecule has 7 heteroatoms. The Morgan fingerprint density at radius 1 is 1.30 bits per heavy atom. The van der Waals surface area contributed by atoms with E-state index in [1.54, 1.807) is 6.21 Å². The molecular weight excluding hydrogens is 360 g/mol. The molecule has 3 aromatic rings. The molecule has 2 aromatic carbocycles. The number of hydrazone groups is 1. The van der Waals surface area contributed by atoms with E-state index in [9.17, 15) is 4.79 Å². The number of hydrogen-bond acceptors (Lipinski definition) is 5. The number of fused-ring (bicyclic) bond motifs is 1. The van der Waals surface area contributed by atoms with E-state index in [0.717, 1.165) is 39.5 Å². The van der Waals surface area contributed by atoms with Crippen molar-refractivity contribution in [2.24, 2.45) is 5.10 Å². The topological polar surface area (TPSA) is 79.4 Å². The zero-order valence-electron chi connectivity index (χ0n) is 15.4. The SMILES string of the molecule is CCOc1ccc(/C=N/NC(=O)CSc2nc3ccccc3[nH]2)cc1CC. The normalized spacial score (nSPS) is 11.2. The first-order valence-corrected chi connectivity index (χ1v) is 9.83. The molecule has 0 radical (unpaired) electrons. The minimum Gasteiger partial charge on any atom is -0.494 e. The number of nitrogens with zero attached hydrogens (tertiary/aromatic N) is 2. The maximum absolute atomic E-state index is 12.0. The molecular formula is C20H22N4O2S. The third-order valence-corrected chi connectivity index (χ3v) is 4.75. The summed E-state index contributed by atoms with van der Waals surface area (Å²) >= 11 is 1.34. The number of H-pyrrole nitrogens is 1. The Hall–Kier alpha value is -2.80. The fraction of sp³-hybridized carbons (Fsp3) is 0.250. The summed E-state index contributed by atoms with van der Waals surface area (Å²) in [6.07, 6.45) is 2.51. The van der Waals surface area contributed by atoms with E-state index in [0.29, 0.717) is 6.61 Å². The van der Waals surface area contributed by atoms with Crippen LogP contribution in [0.15, 0.2) is 52.7 Å². The summed E-state index contributed by atoms with van der Waals surface area (Å²) in [5.74, 6) is 0.947. The number of aromatic amines is 1. The van der Waals surface area contributed by atoms with E-state index >= 15 is 0 Å². The average molecular weight is 382 g/mol. The first kappa shape index (κ1) is 19.0. The number of amides is 1. The summed E-state index contributed by atoms with van der Waals surface area (Å²) < 4.78 is 5.60. The van der Waals surface area contributed by atoms with E-state index in [4.69, 9.17) is 4.74 Å². The van der Waals surface area contributed by atoms with Crippen LogP contribution in [0.3, 0.4) is 0 Å². The van der Waals surface area contributed by atoms with Crippen molar-refractivity contribution in [1.82, 2.24) is 15.4 Å². The van der Waals surface area contributed by atoms with E-state index in [-0.39, 0.29) is 11.7 Å². The lowest BCUT2D eigenvalue weighted by molar-refractivity contribution is -0.118. The minimum absolute atomic E-state index is 0.182. The van der Waals surface area contributed by atoms with Gasteiger partial charge in [-0.25, -0.2) is 10.4 Å². The van der Waals surface area contributed by atoms with Crippen LogP contribution < -0.4 is 10.2 Å². The van der Waals surface area contributed by atoms with Crippen LogP contribution in [0.2, 0.25) is 0 Å². The molecule has 0 fully saturated rings. The number of aryl methyl sites for hydroxylation is 1. The van der Waals surface area contributed by atoms with Crippen LogP contribution in [-0.4, -0.2) is 34.4 Å². The van der Waals surface area contributed by atoms with Gasteiger partial charge in [0.2, 0.25) is 0 Å². The molecule has 2 N–H and O–H groups in total. The molecule has 0 spiro atoms. The van der Waals surface area contributed by atoms with Gasteiger partial charge in [0.15, 0.2) is 5.16 Å². The highest BCUT2D eigenvalue weighted by Gasteiger charge is 2.06. The Bertz CT molecular complexity index is 919. The second-order valence-corrected chi connectivity index (χ2v) is 6.76. The van der Waals surface area contributed by atoms with E-state index in [2.05, 4.69) is 27.4 Å². The Kier molecular flexibility index (Phi) is 6.49. The van der Waals surface area contributed by atoms with Crippen molar-refractivity contribution in [1.29, 1.82) is 0 Å². The molecule has 0 unspecified atom stereocenters. The number of benzene rings is 2. The van der Waals surface area contributed by atoms with Gasteiger partial charge < -0.3 is 9.72 Å². The van der Waals surface area contributed by atoms with Crippen molar-refractivity contribution in [3.8, 4) is 5.75 Å². The number of carbonyl (C=O) groups excluding carboxylic acids is 1. The number of hydrogen-bond donors (Lipinski definition) is 2. The van der Waals surface area contributed by atoms with Gasteiger partial charge in [-0.3, -0.25) is 4.79 Å². The molecule has 3 rings (SSSR count). The van der Waals surface area contributed by atoms with Gasteiger partial charge in [-0.1, -0.05) is 30.8 Å². The lowest BCUT2D eigenvalue weighted by Crippen LogP contribution is -2.19. The molecule has 6 nitrogen and oxygen atoms in total. The van der Waals surface area contributed by atoms with Gasteiger partial charge in [0.05, 0.1) is 29.6 Å². The van der Waals surface area contributed by atoms with Gasteiger partial charge in [-0.15, -0.1) is 0 Å². The smallest absolute Gasteiger partial charge is 0.250 e. The molecule has 1 amide bonds. The molecule has 0 saturated carbocycles. The van der Waals surface area contributed by atoms with E-state index < -0.39 is 0 Å². The predicted molar refractivity (Wildman–Crippen MR) is 110 cm³/mol. The molecule has 27 heavy (non-hydrogen) atoms. The van der Waals surface area contributed by atoms with Gasteiger partial charge in [-0.2, -0.15) is 5.10 Å². The molecule has 0 aliphatic heterocycles. The first-order valence-electron chi connectivity index (χ1n) is 8.84. The van der Waals surface area contributed by atoms with Crippen LogP contribution in [0, 0.1) is 0 Å². The van der Waals surface area contributed by atoms with Crippen LogP contribution in [0.4, 0.5) is 0 Å². The zero-order chi connectivity index (χ0) is 19.1. The molecule has 140 valence electrons. The Labute approximate surface area is 162 Å². The number of nitrogens with one attached hydrogen (secondary N) is 2. The standard InChI is InChI=1S/C20H22N4O2S/c1-3-15-11-14(9-10-18(15)26-4-2)12-21-24-19(25)13-27-20-22-16-7-5-6-8-17(16)23-20/h5-12H,3-4,13H2,1-2H3,(H,22,23)(H,24,25)/b21-12+. The molecule has 1 heterocycles. The Morgan fingerprint density at radius 2 is 2.15 bits per heavy atom. The molecule has 0 atom stereocenters. The number of para-hydroxylation sites is 2. The summed E-state index contributed by atoms with van der Waals surface area (Å²) in [5, 5.41) is 4.76. The van der Waals surface area contributed by atoms with Crippen LogP contribution >= 0.6 is 11.8 Å². The summed E-state index contributed by atoms with van der Waals surface area (Å²) in [7, 11) is 0. The summed E-state index contributed by atoms with van der Waals surface area (Å²) in [4.78, 5) is 19.6. The number of thioether (sulfide) groups is 1. The third kappa shape index (κ3) is 5.10. The predicted octanol–water partition coefficient (Wildman–Crippen LogP) is 3.77. The number of rotatable bonds is 8. The van der Waals surface area contributed by atoms with Crippen LogP contribution in [0.1, 0.15) is 25.0 Å². The highest BCUT2D eigenvalue weighted by Crippen LogP contribution is 2.20. The summed E-state index contributed by atoms with van der Waals surface area (Å²) in [5.41, 5.74) is 6.43. The summed E-state index contributed by atoms with van der Waals surface area (Å²) in [6.45, 7) is 4.68. The second kappa shape index (κ2) is 9.23. The van der Waals surface area contributed by atoms with Gasteiger partial charge in [0, 0.05) is 0 Å². The van der Waals surface area contributed by atoms with Gasteiger partial charge in [0.25, 0.3) is 5.91 Å². The van der Waals surface area contributed by atoms with Crippen LogP contribution in [-0.2, 0) is 11.2 Å². The maximum atomic E-state index is 12.0. The fourth-order valence-electron chi connectivity index (χ4n) is 2.60. The van der Waals surface area contributed by atoms with E-state index in [1.165, 1.54) is 11.8 Å². The van der Waals surface area contributed by atoms with Crippen molar-refractivity contribution in [3.63, 3.8) is 0 Å². The molecule has 0 saturated heterocycles. The summed E-state index contributed by atoms with van der Waals surface area (Å²) in [6, 6.07) is 13.6. The number of aromatic nitrogens is 2. The van der Waals surface area contributed by atoms with Crippen molar-refractivity contribution in [2.45, 2.75) is 25.4 Å². The highest BCUT2D eigenvalue weighted by molar-refractivity contribution is 7.99. The van der Waals surface area contributed by atoms with Crippen molar-refractivity contribution >= 4 is 34.9 Å². The van der Waals surface area contributed by atoms with Crippen molar-refractivity contribution < 1.29 is 9.53 Å². The number of imidazole rings is 1. The lowest BCUT2D eigenvalue weighted by atomic mass is 10.1. The van der Waals surface area contributed by atoms with Gasteiger partial charge in [-0.05, 0) is 54.8 Å². The fourth-order valence-corrected chi connectivity index (χ4v) is 3.27. The third-order valence-electron chi connectivity index (χ3n) is 3.88. The first-order chi connectivity index (χ1) is 13.2. The number of carbonyl (C=O) groups is 1. The number of ether oxygens (including phenoxy) is 1. The molecule has 0 aliphatic carbocycles. The largest absolute Gasteiger partial charge is 0.494 e. The van der Waals surface area contributed by atoms with E-state index in [1.807, 2.05) is 49.4 Å². The molecule has 1 aromatic heterocycles. The molecule has 0 bridgehead atoms. The maximum Gasteiger partial charge on any atom is 0.250 e. The van der Waals surface area contributed by atoms with Gasteiger partial charge in [0.1, 0.15) is 5.75 Å². The van der Waals surface area contributed by atoms with Crippen molar-refractivity contribution in [3.05, 3.63) is 53.6 Å². The van der Waals surface area contributed by atoms with Crippen LogP contribution in [0.5, 0.6) is 5.75 Å². The molecule has 0 aliphatic rings. The second-order valence-electron chi connectivity index (χ2n) is 5.79. The quantitative estimate of drug-likeness (QED) is 0.353. The highest BCUT2D eigenvalue weighted by atomic mass is 32.2. The average Bonchev–Trinajstić information content (AvgIpc) is 3.10. The monoisotopic (exact) mass is 382 g/mol. The Morgan fingerprint density at radius 3 is 2.93 bits per heavy atom. The zero-order valence-corrected chi connectivity index (χ0v) is 16.2. The minimum atomic E-state index is -0.182. The lowest BCUT2D eigenvalue weighted by Gasteiger charge is -2.09. The van der Waals surface area contributed by atoms with Crippen LogP contribution in [0.25, 0.3) is 11.0 Å². The van der Waals surface area contributed by atoms with Crippen molar-refractivity contribution in [2.75, 3.05) is 12.4 Å². The Balaban J connectivity index is 1.52.